The molecule has 0 radical (unpaired) electrons. The van der Waals surface area contributed by atoms with E-state index in [1.807, 2.05) is 6.92 Å². The molecule has 0 saturated heterocycles. The third-order valence-electron chi connectivity index (χ3n) is 2.85. The molecule has 0 aliphatic rings. The summed E-state index contributed by atoms with van der Waals surface area (Å²) in [5.41, 5.74) is 0.439. The number of rotatable bonds is 10. The van der Waals surface area contributed by atoms with Gasteiger partial charge in [-0.15, -0.1) is 0 Å². The smallest absolute Gasteiger partial charge is 0.252 e. The SMILES string of the molecule is CCCCOCCCNC(=O)c1cc(NCC)ncc1Cl. The van der Waals surface area contributed by atoms with Gasteiger partial charge in [-0.05, 0) is 25.8 Å². The fraction of sp³-hybridized carbons (Fsp3) is 0.600. The van der Waals surface area contributed by atoms with Crippen molar-refractivity contribution in [1.29, 1.82) is 0 Å². The molecule has 0 unspecified atom stereocenters. The minimum absolute atomic E-state index is 0.185. The lowest BCUT2D eigenvalue weighted by Crippen LogP contribution is -2.25. The number of hydrogen-bond acceptors (Lipinski definition) is 4. The first-order valence-electron chi connectivity index (χ1n) is 7.44. The topological polar surface area (TPSA) is 63.2 Å². The van der Waals surface area contributed by atoms with Gasteiger partial charge < -0.3 is 15.4 Å². The van der Waals surface area contributed by atoms with Crippen molar-refractivity contribution < 1.29 is 9.53 Å². The second-order valence-electron chi connectivity index (χ2n) is 4.66. The van der Waals surface area contributed by atoms with Crippen LogP contribution in [0.2, 0.25) is 5.02 Å². The van der Waals surface area contributed by atoms with Gasteiger partial charge in [0.05, 0.1) is 10.6 Å². The normalized spacial score (nSPS) is 10.4. The Morgan fingerprint density at radius 1 is 1.33 bits per heavy atom. The van der Waals surface area contributed by atoms with E-state index < -0.39 is 0 Å². The predicted molar refractivity (Wildman–Crippen MR) is 86.1 cm³/mol. The number of unbranched alkanes of at least 4 members (excludes halogenated alkanes) is 1. The first-order valence-corrected chi connectivity index (χ1v) is 7.82. The second-order valence-corrected chi connectivity index (χ2v) is 5.06. The number of carbonyl (C=O) groups excluding carboxylic acids is 1. The first-order chi connectivity index (χ1) is 10.2. The molecule has 6 heteroatoms. The van der Waals surface area contributed by atoms with Crippen LogP contribution in [0.1, 0.15) is 43.5 Å². The van der Waals surface area contributed by atoms with Crippen molar-refractivity contribution in [3.63, 3.8) is 0 Å². The highest BCUT2D eigenvalue weighted by Crippen LogP contribution is 2.17. The number of ether oxygens (including phenoxy) is 1. The van der Waals surface area contributed by atoms with Crippen LogP contribution >= 0.6 is 11.6 Å². The average Bonchev–Trinajstić information content (AvgIpc) is 2.48. The van der Waals surface area contributed by atoms with Gasteiger partial charge in [0, 0.05) is 32.5 Å². The Balaban J connectivity index is 2.36. The number of nitrogens with one attached hydrogen (secondary N) is 2. The van der Waals surface area contributed by atoms with Crippen molar-refractivity contribution in [3.8, 4) is 0 Å². The Morgan fingerprint density at radius 2 is 2.10 bits per heavy atom. The highest BCUT2D eigenvalue weighted by Gasteiger charge is 2.11. The summed E-state index contributed by atoms with van der Waals surface area (Å²) in [5, 5.41) is 6.25. The maximum Gasteiger partial charge on any atom is 0.252 e. The van der Waals surface area contributed by atoms with Gasteiger partial charge in [-0.2, -0.15) is 0 Å². The van der Waals surface area contributed by atoms with E-state index in [9.17, 15) is 4.79 Å². The monoisotopic (exact) mass is 313 g/mol. The van der Waals surface area contributed by atoms with Gasteiger partial charge in [-0.1, -0.05) is 24.9 Å². The third-order valence-corrected chi connectivity index (χ3v) is 3.15. The molecule has 0 aliphatic carbocycles. The van der Waals surface area contributed by atoms with Gasteiger partial charge in [-0.3, -0.25) is 4.79 Å². The zero-order chi connectivity index (χ0) is 15.5. The van der Waals surface area contributed by atoms with Crippen LogP contribution in [0.3, 0.4) is 0 Å². The molecule has 0 atom stereocenters. The molecule has 2 N–H and O–H groups in total. The fourth-order valence-electron chi connectivity index (χ4n) is 1.71. The molecule has 0 aliphatic heterocycles. The van der Waals surface area contributed by atoms with Crippen molar-refractivity contribution in [2.24, 2.45) is 0 Å². The summed E-state index contributed by atoms with van der Waals surface area (Å²) in [4.78, 5) is 16.2. The molecule has 0 saturated carbocycles. The minimum Gasteiger partial charge on any atom is -0.381 e. The molecule has 0 aromatic carbocycles. The van der Waals surface area contributed by atoms with E-state index in [2.05, 4.69) is 22.5 Å². The van der Waals surface area contributed by atoms with Crippen LogP contribution in [0.25, 0.3) is 0 Å². The maximum absolute atomic E-state index is 12.1. The molecule has 1 amide bonds. The van der Waals surface area contributed by atoms with Gasteiger partial charge in [0.1, 0.15) is 5.82 Å². The van der Waals surface area contributed by atoms with Crippen LogP contribution in [0.15, 0.2) is 12.3 Å². The van der Waals surface area contributed by atoms with Crippen LogP contribution in [-0.4, -0.2) is 37.2 Å². The lowest BCUT2D eigenvalue weighted by atomic mass is 10.2. The number of carbonyl (C=O) groups is 1. The van der Waals surface area contributed by atoms with Crippen LogP contribution in [0, 0.1) is 0 Å². The number of anilines is 1. The lowest BCUT2D eigenvalue weighted by Gasteiger charge is -2.09. The fourth-order valence-corrected chi connectivity index (χ4v) is 1.90. The molecule has 1 aromatic rings. The van der Waals surface area contributed by atoms with E-state index in [1.54, 1.807) is 6.07 Å². The van der Waals surface area contributed by atoms with E-state index in [1.165, 1.54) is 6.20 Å². The number of hydrogen-bond donors (Lipinski definition) is 2. The summed E-state index contributed by atoms with van der Waals surface area (Å²) < 4.78 is 5.44. The molecular formula is C15H24ClN3O2. The zero-order valence-electron chi connectivity index (χ0n) is 12.7. The zero-order valence-corrected chi connectivity index (χ0v) is 13.5. The molecule has 118 valence electrons. The molecule has 5 nitrogen and oxygen atoms in total. The summed E-state index contributed by atoms with van der Waals surface area (Å²) in [6.07, 6.45) is 4.48. The first kappa shape index (κ1) is 17.7. The van der Waals surface area contributed by atoms with Crippen LogP contribution < -0.4 is 10.6 Å². The van der Waals surface area contributed by atoms with E-state index in [4.69, 9.17) is 16.3 Å². The summed E-state index contributed by atoms with van der Waals surface area (Å²) >= 11 is 6.01. The van der Waals surface area contributed by atoms with Crippen molar-refractivity contribution in [1.82, 2.24) is 10.3 Å². The minimum atomic E-state index is -0.185. The largest absolute Gasteiger partial charge is 0.381 e. The van der Waals surface area contributed by atoms with Crippen LogP contribution in [0.4, 0.5) is 5.82 Å². The highest BCUT2D eigenvalue weighted by atomic mass is 35.5. The quantitative estimate of drug-likeness (QED) is 0.652. The summed E-state index contributed by atoms with van der Waals surface area (Å²) in [7, 11) is 0. The maximum atomic E-state index is 12.1. The van der Waals surface area contributed by atoms with Gasteiger partial charge in [0.25, 0.3) is 5.91 Å². The number of pyridine rings is 1. The third kappa shape index (κ3) is 6.78. The van der Waals surface area contributed by atoms with Gasteiger partial charge >= 0.3 is 0 Å². The van der Waals surface area contributed by atoms with Gasteiger partial charge in [-0.25, -0.2) is 4.98 Å². The number of amides is 1. The van der Waals surface area contributed by atoms with Crippen molar-refractivity contribution in [2.45, 2.75) is 33.1 Å². The molecule has 0 fully saturated rings. The van der Waals surface area contributed by atoms with Crippen molar-refractivity contribution in [2.75, 3.05) is 31.6 Å². The Morgan fingerprint density at radius 3 is 2.81 bits per heavy atom. The predicted octanol–water partition coefficient (Wildman–Crippen LogP) is 3.10. The number of nitrogens with zero attached hydrogens (tertiary/aromatic N) is 1. The van der Waals surface area contributed by atoms with Crippen molar-refractivity contribution >= 4 is 23.3 Å². The summed E-state index contributed by atoms with van der Waals surface area (Å²) in [6.45, 7) is 6.85. The lowest BCUT2D eigenvalue weighted by molar-refractivity contribution is 0.0940. The molecule has 1 rings (SSSR count). The number of aromatic nitrogens is 1. The van der Waals surface area contributed by atoms with E-state index >= 15 is 0 Å². The Hall–Kier alpha value is -1.33. The van der Waals surface area contributed by atoms with Gasteiger partial charge in [0.2, 0.25) is 0 Å². The Bertz CT molecular complexity index is 441. The molecular weight excluding hydrogens is 290 g/mol. The molecule has 1 aromatic heterocycles. The van der Waals surface area contributed by atoms with Crippen molar-refractivity contribution in [3.05, 3.63) is 22.8 Å². The van der Waals surface area contributed by atoms with E-state index in [0.29, 0.717) is 29.6 Å². The van der Waals surface area contributed by atoms with E-state index in [-0.39, 0.29) is 5.91 Å². The molecule has 21 heavy (non-hydrogen) atoms. The molecule has 0 bridgehead atoms. The second kappa shape index (κ2) is 10.4. The number of halogens is 1. The van der Waals surface area contributed by atoms with Gasteiger partial charge in [0.15, 0.2) is 0 Å². The molecule has 1 heterocycles. The summed E-state index contributed by atoms with van der Waals surface area (Å²) in [5.74, 6) is 0.463. The Labute approximate surface area is 131 Å². The Kier molecular flexibility index (Phi) is 8.78. The average molecular weight is 314 g/mol. The highest BCUT2D eigenvalue weighted by molar-refractivity contribution is 6.33. The van der Waals surface area contributed by atoms with Crippen LogP contribution in [0.5, 0.6) is 0 Å². The van der Waals surface area contributed by atoms with E-state index in [0.717, 1.165) is 32.4 Å². The molecule has 0 spiro atoms. The standard InChI is InChI=1S/C15H24ClN3O2/c1-3-5-8-21-9-6-7-18-15(20)12-10-14(17-4-2)19-11-13(12)16/h10-11H,3-9H2,1-2H3,(H,17,19)(H,18,20). The summed E-state index contributed by atoms with van der Waals surface area (Å²) in [6, 6.07) is 1.67. The van der Waals surface area contributed by atoms with Crippen LogP contribution in [-0.2, 0) is 4.74 Å².